The SMILES string of the molecule is C=C[C@@H]1C[C@H](C(C)=O)C[C@H]1[C@@H](C)CSC(C)C. The van der Waals surface area contributed by atoms with Gasteiger partial charge >= 0.3 is 0 Å². The molecule has 1 aliphatic rings. The van der Waals surface area contributed by atoms with E-state index in [1.165, 1.54) is 5.75 Å². The first kappa shape index (κ1) is 14.8. The van der Waals surface area contributed by atoms with Gasteiger partial charge in [-0.2, -0.15) is 11.8 Å². The van der Waals surface area contributed by atoms with E-state index in [2.05, 4.69) is 33.4 Å². The van der Waals surface area contributed by atoms with Gasteiger partial charge in [-0.1, -0.05) is 26.8 Å². The van der Waals surface area contributed by atoms with Gasteiger partial charge in [0.25, 0.3) is 0 Å². The number of hydrogen-bond acceptors (Lipinski definition) is 2. The second-order valence-corrected chi connectivity index (χ2v) is 7.31. The van der Waals surface area contributed by atoms with Gasteiger partial charge in [0, 0.05) is 5.92 Å². The summed E-state index contributed by atoms with van der Waals surface area (Å²) in [6, 6.07) is 0. The molecule has 1 rings (SSSR count). The molecule has 1 nitrogen and oxygen atoms in total. The zero-order valence-electron chi connectivity index (χ0n) is 11.6. The number of hydrogen-bond donors (Lipinski definition) is 0. The Kier molecular flexibility index (Phi) is 5.78. The number of rotatable bonds is 6. The zero-order valence-corrected chi connectivity index (χ0v) is 12.4. The maximum absolute atomic E-state index is 11.5. The Labute approximate surface area is 110 Å². The molecule has 98 valence electrons. The highest BCUT2D eigenvalue weighted by Gasteiger charge is 2.37. The van der Waals surface area contributed by atoms with Crippen molar-refractivity contribution in [1.29, 1.82) is 0 Å². The maximum Gasteiger partial charge on any atom is 0.132 e. The summed E-state index contributed by atoms with van der Waals surface area (Å²) in [4.78, 5) is 11.5. The number of carbonyl (C=O) groups is 1. The monoisotopic (exact) mass is 254 g/mol. The summed E-state index contributed by atoms with van der Waals surface area (Å²) < 4.78 is 0. The van der Waals surface area contributed by atoms with Gasteiger partial charge in [-0.05, 0) is 48.5 Å². The van der Waals surface area contributed by atoms with Crippen LogP contribution in [0, 0.1) is 23.7 Å². The minimum absolute atomic E-state index is 0.287. The molecule has 2 heteroatoms. The molecule has 0 spiro atoms. The van der Waals surface area contributed by atoms with Crippen LogP contribution in [-0.4, -0.2) is 16.8 Å². The molecule has 1 aliphatic carbocycles. The molecule has 0 aromatic carbocycles. The molecule has 0 aliphatic heterocycles. The van der Waals surface area contributed by atoms with E-state index in [4.69, 9.17) is 0 Å². The summed E-state index contributed by atoms with van der Waals surface area (Å²) >= 11 is 2.03. The van der Waals surface area contributed by atoms with E-state index in [1.807, 2.05) is 11.8 Å². The summed E-state index contributed by atoms with van der Waals surface area (Å²) in [5, 5.41) is 0.699. The van der Waals surface area contributed by atoms with Crippen molar-refractivity contribution in [1.82, 2.24) is 0 Å². The predicted molar refractivity (Wildman–Crippen MR) is 77.3 cm³/mol. The highest BCUT2D eigenvalue weighted by Crippen LogP contribution is 2.42. The smallest absolute Gasteiger partial charge is 0.132 e. The van der Waals surface area contributed by atoms with Crippen LogP contribution in [0.5, 0.6) is 0 Å². The standard InChI is InChI=1S/C15H26OS/c1-6-13-7-14(12(5)16)8-15(13)11(4)9-17-10(2)3/h6,10-11,13-15H,1,7-9H2,2-5H3/t11-,13+,14-,15-/m0/s1. The van der Waals surface area contributed by atoms with Crippen LogP contribution in [0.1, 0.15) is 40.5 Å². The molecular weight excluding hydrogens is 228 g/mol. The highest BCUT2D eigenvalue weighted by molar-refractivity contribution is 7.99. The summed E-state index contributed by atoms with van der Waals surface area (Å²) in [6.45, 7) is 12.5. The van der Waals surface area contributed by atoms with E-state index in [0.29, 0.717) is 28.8 Å². The maximum atomic E-state index is 11.5. The number of carbonyl (C=O) groups excluding carboxylic acids is 1. The van der Waals surface area contributed by atoms with Crippen molar-refractivity contribution in [2.75, 3.05) is 5.75 Å². The number of thioether (sulfide) groups is 1. The fourth-order valence-corrected chi connectivity index (χ4v) is 3.76. The molecule has 0 radical (unpaired) electrons. The Morgan fingerprint density at radius 1 is 1.41 bits per heavy atom. The minimum atomic E-state index is 0.287. The van der Waals surface area contributed by atoms with E-state index < -0.39 is 0 Å². The molecule has 1 saturated carbocycles. The third-order valence-electron chi connectivity index (χ3n) is 3.96. The Morgan fingerprint density at radius 3 is 2.53 bits per heavy atom. The lowest BCUT2D eigenvalue weighted by molar-refractivity contribution is -0.120. The van der Waals surface area contributed by atoms with E-state index in [0.717, 1.165) is 12.8 Å². The summed E-state index contributed by atoms with van der Waals surface area (Å²) in [5.74, 6) is 3.75. The van der Waals surface area contributed by atoms with Crippen LogP contribution in [-0.2, 0) is 4.79 Å². The first-order valence-electron chi connectivity index (χ1n) is 6.70. The largest absolute Gasteiger partial charge is 0.300 e. The predicted octanol–water partition coefficient (Wildman–Crippen LogP) is 4.18. The third kappa shape index (κ3) is 4.17. The Hall–Kier alpha value is -0.240. The van der Waals surface area contributed by atoms with Crippen LogP contribution in [0.2, 0.25) is 0 Å². The van der Waals surface area contributed by atoms with Gasteiger partial charge in [-0.15, -0.1) is 6.58 Å². The molecule has 0 N–H and O–H groups in total. The van der Waals surface area contributed by atoms with E-state index in [9.17, 15) is 4.79 Å². The fourth-order valence-electron chi connectivity index (χ4n) is 2.83. The van der Waals surface area contributed by atoms with Crippen LogP contribution in [0.4, 0.5) is 0 Å². The van der Waals surface area contributed by atoms with Gasteiger partial charge < -0.3 is 0 Å². The molecule has 0 aromatic rings. The second-order valence-electron chi connectivity index (χ2n) is 5.70. The van der Waals surface area contributed by atoms with Gasteiger partial charge in [0.2, 0.25) is 0 Å². The van der Waals surface area contributed by atoms with E-state index >= 15 is 0 Å². The Morgan fingerprint density at radius 2 is 2.06 bits per heavy atom. The lowest BCUT2D eigenvalue weighted by Crippen LogP contribution is -2.18. The number of allylic oxidation sites excluding steroid dienone is 1. The van der Waals surface area contributed by atoms with Crippen molar-refractivity contribution in [3.63, 3.8) is 0 Å². The molecule has 4 atom stereocenters. The van der Waals surface area contributed by atoms with Gasteiger partial charge in [-0.3, -0.25) is 4.79 Å². The number of Topliss-reactive ketones (excluding diaryl/α,β-unsaturated/α-hetero) is 1. The lowest BCUT2D eigenvalue weighted by Gasteiger charge is -2.24. The zero-order chi connectivity index (χ0) is 13.0. The lowest BCUT2D eigenvalue weighted by atomic mass is 9.86. The summed E-state index contributed by atoms with van der Waals surface area (Å²) in [5.41, 5.74) is 0. The normalized spacial score (nSPS) is 30.5. The first-order valence-corrected chi connectivity index (χ1v) is 7.75. The topological polar surface area (TPSA) is 17.1 Å². The molecule has 1 fully saturated rings. The van der Waals surface area contributed by atoms with E-state index in [1.54, 1.807) is 6.92 Å². The molecular formula is C15H26OS. The van der Waals surface area contributed by atoms with Gasteiger partial charge in [-0.25, -0.2) is 0 Å². The fraction of sp³-hybridized carbons (Fsp3) is 0.800. The molecule has 17 heavy (non-hydrogen) atoms. The van der Waals surface area contributed by atoms with Crippen LogP contribution >= 0.6 is 11.8 Å². The quantitative estimate of drug-likeness (QED) is 0.661. The van der Waals surface area contributed by atoms with Crippen molar-refractivity contribution >= 4 is 17.5 Å². The molecule has 0 bridgehead atoms. The average Bonchev–Trinajstić information content (AvgIpc) is 2.69. The van der Waals surface area contributed by atoms with Gasteiger partial charge in [0.05, 0.1) is 0 Å². The third-order valence-corrected chi connectivity index (χ3v) is 5.35. The second kappa shape index (κ2) is 6.63. The van der Waals surface area contributed by atoms with Gasteiger partial charge in [0.1, 0.15) is 5.78 Å². The van der Waals surface area contributed by atoms with Gasteiger partial charge in [0.15, 0.2) is 0 Å². The molecule has 0 amide bonds. The van der Waals surface area contributed by atoms with Crippen molar-refractivity contribution in [2.45, 2.75) is 45.8 Å². The minimum Gasteiger partial charge on any atom is -0.300 e. The molecule has 0 aromatic heterocycles. The van der Waals surface area contributed by atoms with Crippen molar-refractivity contribution < 1.29 is 4.79 Å². The molecule has 0 heterocycles. The molecule has 0 saturated heterocycles. The van der Waals surface area contributed by atoms with E-state index in [-0.39, 0.29) is 5.92 Å². The van der Waals surface area contributed by atoms with Crippen molar-refractivity contribution in [2.24, 2.45) is 23.7 Å². The molecule has 0 unspecified atom stereocenters. The first-order chi connectivity index (χ1) is 7.95. The van der Waals surface area contributed by atoms with Crippen molar-refractivity contribution in [3.05, 3.63) is 12.7 Å². The van der Waals surface area contributed by atoms with Crippen LogP contribution in [0.3, 0.4) is 0 Å². The Balaban J connectivity index is 2.56. The highest BCUT2D eigenvalue weighted by atomic mass is 32.2. The summed E-state index contributed by atoms with van der Waals surface area (Å²) in [6.07, 6.45) is 4.18. The Bertz CT molecular complexity index is 272. The van der Waals surface area contributed by atoms with Crippen LogP contribution in [0.25, 0.3) is 0 Å². The summed E-state index contributed by atoms with van der Waals surface area (Å²) in [7, 11) is 0. The van der Waals surface area contributed by atoms with Crippen molar-refractivity contribution in [3.8, 4) is 0 Å². The van der Waals surface area contributed by atoms with Crippen LogP contribution < -0.4 is 0 Å². The average molecular weight is 254 g/mol. The van der Waals surface area contributed by atoms with Crippen LogP contribution in [0.15, 0.2) is 12.7 Å². The number of ketones is 1.